The molecule has 0 aliphatic rings. The minimum absolute atomic E-state index is 0.0590. The molecule has 0 saturated carbocycles. The molecule has 4 nitrogen and oxygen atoms in total. The van der Waals surface area contributed by atoms with Gasteiger partial charge in [-0.2, -0.15) is 0 Å². The summed E-state index contributed by atoms with van der Waals surface area (Å²) >= 11 is 0. The highest BCUT2D eigenvalue weighted by molar-refractivity contribution is 5.92. The summed E-state index contributed by atoms with van der Waals surface area (Å²) in [6, 6.07) is 23.9. The molecule has 138 valence electrons. The van der Waals surface area contributed by atoms with Crippen LogP contribution in [0.1, 0.15) is 41.0 Å². The molecular weight excluding hydrogens is 334 g/mol. The van der Waals surface area contributed by atoms with Crippen molar-refractivity contribution in [3.05, 3.63) is 95.8 Å². The number of anilines is 1. The molecule has 1 unspecified atom stereocenters. The fourth-order valence-corrected chi connectivity index (χ4v) is 2.90. The molecule has 1 heterocycles. The highest BCUT2D eigenvalue weighted by atomic mass is 16.1. The quantitative estimate of drug-likeness (QED) is 0.577. The Kier molecular flexibility index (Phi) is 6.58. The molecule has 2 aromatic carbocycles. The summed E-state index contributed by atoms with van der Waals surface area (Å²) in [5, 5.41) is 6.33. The van der Waals surface area contributed by atoms with Crippen molar-refractivity contribution in [1.82, 2.24) is 10.3 Å². The molecule has 0 saturated heterocycles. The molecule has 1 aromatic heterocycles. The zero-order valence-electron chi connectivity index (χ0n) is 15.6. The Hall–Kier alpha value is -3.14. The minimum Gasteiger partial charge on any atom is -0.384 e. The van der Waals surface area contributed by atoms with Crippen LogP contribution in [0.3, 0.4) is 0 Å². The number of hydrogen-bond donors (Lipinski definition) is 2. The first kappa shape index (κ1) is 18.6. The number of hydrogen-bond acceptors (Lipinski definition) is 3. The van der Waals surface area contributed by atoms with Crippen LogP contribution in [0.25, 0.3) is 0 Å². The van der Waals surface area contributed by atoms with E-state index >= 15 is 0 Å². The molecular formula is C23H25N3O. The number of aromatic nitrogens is 1. The second kappa shape index (κ2) is 9.53. The fraction of sp³-hybridized carbons (Fsp3) is 0.217. The zero-order chi connectivity index (χ0) is 18.9. The van der Waals surface area contributed by atoms with Crippen molar-refractivity contribution in [3.63, 3.8) is 0 Å². The van der Waals surface area contributed by atoms with Gasteiger partial charge in [0.25, 0.3) is 5.91 Å². The molecule has 1 atom stereocenters. The first-order valence-corrected chi connectivity index (χ1v) is 9.32. The van der Waals surface area contributed by atoms with Crippen LogP contribution in [-0.2, 0) is 6.42 Å². The van der Waals surface area contributed by atoms with Crippen molar-refractivity contribution < 1.29 is 4.79 Å². The van der Waals surface area contributed by atoms with Gasteiger partial charge in [0.1, 0.15) is 5.69 Å². The van der Waals surface area contributed by atoms with Crippen molar-refractivity contribution in [3.8, 4) is 0 Å². The molecule has 0 bridgehead atoms. The van der Waals surface area contributed by atoms with Crippen molar-refractivity contribution in [2.45, 2.75) is 25.8 Å². The number of carbonyl (C=O) groups is 1. The molecule has 3 aromatic rings. The summed E-state index contributed by atoms with van der Waals surface area (Å²) in [4.78, 5) is 16.7. The van der Waals surface area contributed by atoms with Gasteiger partial charge >= 0.3 is 0 Å². The van der Waals surface area contributed by atoms with Crippen molar-refractivity contribution in [1.29, 1.82) is 0 Å². The number of carbonyl (C=O) groups excluding carboxylic acids is 1. The van der Waals surface area contributed by atoms with Gasteiger partial charge in [-0.15, -0.1) is 0 Å². The molecule has 3 rings (SSSR count). The maximum Gasteiger partial charge on any atom is 0.270 e. The predicted octanol–water partition coefficient (Wildman–Crippen LogP) is 4.62. The number of nitrogens with one attached hydrogen (secondary N) is 2. The van der Waals surface area contributed by atoms with Crippen LogP contribution < -0.4 is 10.6 Å². The highest BCUT2D eigenvalue weighted by Crippen LogP contribution is 2.13. The summed E-state index contributed by atoms with van der Waals surface area (Å²) in [7, 11) is 0. The molecule has 0 fully saturated rings. The van der Waals surface area contributed by atoms with E-state index in [2.05, 4.69) is 39.9 Å². The van der Waals surface area contributed by atoms with Crippen LogP contribution in [0, 0.1) is 0 Å². The van der Waals surface area contributed by atoms with E-state index in [4.69, 9.17) is 0 Å². The second-order valence-electron chi connectivity index (χ2n) is 6.55. The van der Waals surface area contributed by atoms with E-state index in [-0.39, 0.29) is 11.9 Å². The topological polar surface area (TPSA) is 54.0 Å². The maximum atomic E-state index is 12.4. The Bertz CT molecular complexity index is 833. The van der Waals surface area contributed by atoms with Crippen LogP contribution in [0.4, 0.5) is 5.69 Å². The van der Waals surface area contributed by atoms with Gasteiger partial charge < -0.3 is 10.6 Å². The van der Waals surface area contributed by atoms with Gasteiger partial charge in [0.05, 0.1) is 17.9 Å². The second-order valence-corrected chi connectivity index (χ2v) is 6.55. The first-order valence-electron chi connectivity index (χ1n) is 9.32. The van der Waals surface area contributed by atoms with E-state index < -0.39 is 0 Å². The lowest BCUT2D eigenvalue weighted by molar-refractivity contribution is 0.0935. The summed E-state index contributed by atoms with van der Waals surface area (Å²) in [6.07, 6.45) is 3.80. The Morgan fingerprint density at radius 3 is 2.33 bits per heavy atom. The number of pyridine rings is 1. The Morgan fingerprint density at radius 1 is 0.963 bits per heavy atom. The predicted molar refractivity (Wildman–Crippen MR) is 110 cm³/mol. The molecule has 0 radical (unpaired) electrons. The highest BCUT2D eigenvalue weighted by Gasteiger charge is 2.12. The van der Waals surface area contributed by atoms with E-state index in [0.29, 0.717) is 5.69 Å². The average molecular weight is 359 g/mol. The third-order valence-electron chi connectivity index (χ3n) is 4.46. The Labute approximate surface area is 160 Å². The van der Waals surface area contributed by atoms with E-state index in [0.717, 1.165) is 30.6 Å². The third kappa shape index (κ3) is 5.68. The van der Waals surface area contributed by atoms with Crippen LogP contribution in [0.2, 0.25) is 0 Å². The largest absolute Gasteiger partial charge is 0.384 e. The average Bonchev–Trinajstić information content (AvgIpc) is 2.73. The maximum absolute atomic E-state index is 12.4. The van der Waals surface area contributed by atoms with Crippen LogP contribution in [0.15, 0.2) is 79.0 Å². The first-order chi connectivity index (χ1) is 13.2. The summed E-state index contributed by atoms with van der Waals surface area (Å²) < 4.78 is 0. The Balaban J connectivity index is 1.46. The lowest BCUT2D eigenvalue weighted by atomic mass is 10.1. The number of nitrogens with zero attached hydrogens (tertiary/aromatic N) is 1. The van der Waals surface area contributed by atoms with Gasteiger partial charge in [-0.05, 0) is 43.0 Å². The zero-order valence-corrected chi connectivity index (χ0v) is 15.6. The lowest BCUT2D eigenvalue weighted by Gasteiger charge is -2.14. The molecule has 2 N–H and O–H groups in total. The molecule has 0 spiro atoms. The molecule has 0 aliphatic carbocycles. The third-order valence-corrected chi connectivity index (χ3v) is 4.46. The summed E-state index contributed by atoms with van der Waals surface area (Å²) in [5.41, 5.74) is 3.77. The van der Waals surface area contributed by atoms with Crippen LogP contribution >= 0.6 is 0 Å². The van der Waals surface area contributed by atoms with Crippen molar-refractivity contribution in [2.75, 3.05) is 11.9 Å². The standard InChI is InChI=1S/C23H25N3O/c1-18(20-12-6-3-7-13-20)26-23(27)22-15-14-21(17-25-22)24-16-8-11-19-9-4-2-5-10-19/h2-7,9-10,12-15,17-18,24H,8,11,16H2,1H3,(H,26,27). The van der Waals surface area contributed by atoms with E-state index in [1.807, 2.05) is 49.4 Å². The van der Waals surface area contributed by atoms with Crippen molar-refractivity contribution >= 4 is 11.6 Å². The van der Waals surface area contributed by atoms with Crippen LogP contribution in [0.5, 0.6) is 0 Å². The number of amides is 1. The van der Waals surface area contributed by atoms with E-state index in [1.54, 1.807) is 12.3 Å². The fourth-order valence-electron chi connectivity index (χ4n) is 2.90. The normalized spacial score (nSPS) is 11.6. The van der Waals surface area contributed by atoms with Gasteiger partial charge in [0, 0.05) is 6.54 Å². The molecule has 4 heteroatoms. The summed E-state index contributed by atoms with van der Waals surface area (Å²) in [5.74, 6) is -0.165. The Morgan fingerprint density at radius 2 is 1.67 bits per heavy atom. The van der Waals surface area contributed by atoms with Crippen molar-refractivity contribution in [2.24, 2.45) is 0 Å². The monoisotopic (exact) mass is 359 g/mol. The SMILES string of the molecule is CC(NC(=O)c1ccc(NCCCc2ccccc2)cn1)c1ccccc1. The van der Waals surface area contributed by atoms with Gasteiger partial charge in [0.15, 0.2) is 0 Å². The smallest absolute Gasteiger partial charge is 0.270 e. The van der Waals surface area contributed by atoms with Gasteiger partial charge in [-0.1, -0.05) is 60.7 Å². The van der Waals surface area contributed by atoms with E-state index in [1.165, 1.54) is 5.56 Å². The minimum atomic E-state index is -0.165. The van der Waals surface area contributed by atoms with Gasteiger partial charge in [-0.3, -0.25) is 4.79 Å². The number of rotatable bonds is 8. The molecule has 1 amide bonds. The van der Waals surface area contributed by atoms with Gasteiger partial charge in [0.2, 0.25) is 0 Å². The number of aryl methyl sites for hydroxylation is 1. The summed E-state index contributed by atoms with van der Waals surface area (Å²) in [6.45, 7) is 2.84. The number of benzene rings is 2. The molecule has 0 aliphatic heterocycles. The van der Waals surface area contributed by atoms with E-state index in [9.17, 15) is 4.79 Å². The molecule has 27 heavy (non-hydrogen) atoms. The van der Waals surface area contributed by atoms with Crippen LogP contribution in [-0.4, -0.2) is 17.4 Å². The van der Waals surface area contributed by atoms with Gasteiger partial charge in [-0.25, -0.2) is 4.98 Å². The lowest BCUT2D eigenvalue weighted by Crippen LogP contribution is -2.27.